The van der Waals surface area contributed by atoms with Gasteiger partial charge in [0.05, 0.1) is 12.1 Å². The predicted molar refractivity (Wildman–Crippen MR) is 63.1 cm³/mol. The number of hydrogen-bond acceptors (Lipinski definition) is 6. The number of amides is 1. The highest BCUT2D eigenvalue weighted by Gasteiger charge is 2.28. The first kappa shape index (κ1) is 13.3. The summed E-state index contributed by atoms with van der Waals surface area (Å²) in [6, 6.07) is 3.08. The molecule has 0 aliphatic carbocycles. The van der Waals surface area contributed by atoms with Crippen molar-refractivity contribution in [1.29, 1.82) is 0 Å². The normalized spacial score (nSPS) is 11.1. The van der Waals surface area contributed by atoms with E-state index in [9.17, 15) is 9.90 Å². The van der Waals surface area contributed by atoms with Gasteiger partial charge in [0.25, 0.3) is 5.91 Å². The number of nitrogens with one attached hydrogen (secondary N) is 1. The number of carbonyl (C=O) groups is 1. The molecule has 0 fully saturated rings. The summed E-state index contributed by atoms with van der Waals surface area (Å²) in [6.45, 7) is 3.38. The predicted octanol–water partition coefficient (Wildman–Crippen LogP) is -0.395. The Balaban J connectivity index is 2.89. The number of aromatic nitrogens is 2. The zero-order valence-electron chi connectivity index (χ0n) is 10.1. The molecule has 1 heterocycles. The molecule has 0 saturated heterocycles. The van der Waals surface area contributed by atoms with Crippen molar-refractivity contribution in [2.75, 3.05) is 19.1 Å². The molecule has 0 bridgehead atoms. The lowest BCUT2D eigenvalue weighted by molar-refractivity contribution is 0.0466. The molecule has 1 aromatic rings. The Hall–Kier alpha value is -1.73. The van der Waals surface area contributed by atoms with E-state index < -0.39 is 5.54 Å². The minimum atomic E-state index is -0.649. The van der Waals surface area contributed by atoms with Gasteiger partial charge in [0.2, 0.25) is 0 Å². The van der Waals surface area contributed by atoms with E-state index in [-0.39, 0.29) is 18.2 Å². The average molecular weight is 239 g/mol. The largest absolute Gasteiger partial charge is 0.394 e. The van der Waals surface area contributed by atoms with Crippen molar-refractivity contribution in [3.8, 4) is 0 Å². The lowest BCUT2D eigenvalue weighted by Gasteiger charge is -2.33. The third-order valence-corrected chi connectivity index (χ3v) is 2.63. The number of carbonyl (C=O) groups excluding carboxylic acids is 1. The molecule has 0 radical (unpaired) electrons. The van der Waals surface area contributed by atoms with Crippen LogP contribution in [0.3, 0.4) is 0 Å². The molecule has 0 unspecified atom stereocenters. The van der Waals surface area contributed by atoms with Crippen LogP contribution in [0.1, 0.15) is 24.3 Å². The Morgan fingerprint density at radius 2 is 2.18 bits per heavy atom. The maximum Gasteiger partial charge on any atom is 0.274 e. The number of rotatable bonds is 4. The maximum absolute atomic E-state index is 12.0. The van der Waals surface area contributed by atoms with Gasteiger partial charge >= 0.3 is 0 Å². The first-order chi connectivity index (χ1) is 7.92. The summed E-state index contributed by atoms with van der Waals surface area (Å²) >= 11 is 0. The van der Waals surface area contributed by atoms with E-state index in [4.69, 9.17) is 5.84 Å². The van der Waals surface area contributed by atoms with E-state index in [0.29, 0.717) is 5.82 Å². The van der Waals surface area contributed by atoms with E-state index >= 15 is 0 Å². The lowest BCUT2D eigenvalue weighted by atomic mass is 10.0. The molecule has 0 saturated carbocycles. The van der Waals surface area contributed by atoms with E-state index in [0.717, 1.165) is 0 Å². The molecular formula is C10H17N5O2. The van der Waals surface area contributed by atoms with Gasteiger partial charge in [-0.15, -0.1) is 10.2 Å². The fraction of sp³-hybridized carbons (Fsp3) is 0.500. The van der Waals surface area contributed by atoms with Crippen molar-refractivity contribution in [2.24, 2.45) is 5.84 Å². The van der Waals surface area contributed by atoms with Crippen molar-refractivity contribution < 1.29 is 9.90 Å². The third kappa shape index (κ3) is 2.89. The SMILES string of the molecule is CN(C(=O)c1ccc(NN)nn1)C(C)(C)CO. The Labute approximate surface area is 99.6 Å². The molecule has 7 heteroatoms. The van der Waals surface area contributed by atoms with Crippen molar-refractivity contribution in [3.63, 3.8) is 0 Å². The second-order valence-corrected chi connectivity index (χ2v) is 4.28. The first-order valence-corrected chi connectivity index (χ1v) is 5.11. The third-order valence-electron chi connectivity index (χ3n) is 2.63. The number of nitrogens with two attached hydrogens (primary N) is 1. The van der Waals surface area contributed by atoms with Crippen LogP contribution in [0.15, 0.2) is 12.1 Å². The number of nitrogen functional groups attached to an aromatic ring is 1. The summed E-state index contributed by atoms with van der Waals surface area (Å²) in [6.07, 6.45) is 0. The molecule has 7 nitrogen and oxygen atoms in total. The number of aliphatic hydroxyl groups excluding tert-OH is 1. The topological polar surface area (TPSA) is 104 Å². The molecular weight excluding hydrogens is 222 g/mol. The monoisotopic (exact) mass is 239 g/mol. The van der Waals surface area contributed by atoms with Crippen LogP contribution >= 0.6 is 0 Å². The van der Waals surface area contributed by atoms with E-state index in [1.54, 1.807) is 27.0 Å². The quantitative estimate of drug-likeness (QED) is 0.488. The summed E-state index contributed by atoms with van der Waals surface area (Å²) in [5, 5.41) is 16.7. The van der Waals surface area contributed by atoms with Crippen LogP contribution in [0.5, 0.6) is 0 Å². The number of aliphatic hydroxyl groups is 1. The summed E-state index contributed by atoms with van der Waals surface area (Å²) < 4.78 is 0. The second-order valence-electron chi connectivity index (χ2n) is 4.28. The van der Waals surface area contributed by atoms with Crippen LogP contribution in [0.2, 0.25) is 0 Å². The molecule has 17 heavy (non-hydrogen) atoms. The molecule has 0 aliphatic rings. The fourth-order valence-corrected chi connectivity index (χ4v) is 1.08. The second kappa shape index (κ2) is 5.07. The summed E-state index contributed by atoms with van der Waals surface area (Å²) in [5.74, 6) is 5.22. The molecule has 1 rings (SSSR count). The van der Waals surface area contributed by atoms with Crippen LogP contribution < -0.4 is 11.3 Å². The molecule has 0 aromatic carbocycles. The summed E-state index contributed by atoms with van der Waals surface area (Å²) in [5.41, 5.74) is 1.88. The Kier molecular flexibility index (Phi) is 3.97. The summed E-state index contributed by atoms with van der Waals surface area (Å²) in [7, 11) is 1.61. The van der Waals surface area contributed by atoms with Gasteiger partial charge in [-0.05, 0) is 26.0 Å². The van der Waals surface area contributed by atoms with Crippen molar-refractivity contribution in [1.82, 2.24) is 15.1 Å². The highest BCUT2D eigenvalue weighted by atomic mass is 16.3. The zero-order chi connectivity index (χ0) is 13.1. The van der Waals surface area contributed by atoms with E-state index in [2.05, 4.69) is 15.6 Å². The van der Waals surface area contributed by atoms with Crippen LogP contribution in [0.4, 0.5) is 5.82 Å². The molecule has 94 valence electrons. The zero-order valence-corrected chi connectivity index (χ0v) is 10.1. The minimum absolute atomic E-state index is 0.134. The summed E-state index contributed by atoms with van der Waals surface area (Å²) in [4.78, 5) is 13.4. The van der Waals surface area contributed by atoms with Gasteiger partial charge in [0.1, 0.15) is 0 Å². The smallest absolute Gasteiger partial charge is 0.274 e. The molecule has 0 atom stereocenters. The number of hydrogen-bond donors (Lipinski definition) is 3. The first-order valence-electron chi connectivity index (χ1n) is 5.11. The molecule has 0 spiro atoms. The van der Waals surface area contributed by atoms with Crippen LogP contribution in [-0.2, 0) is 0 Å². The highest BCUT2D eigenvalue weighted by molar-refractivity contribution is 5.92. The standard InChI is InChI=1S/C10H17N5O2/c1-10(2,6-16)15(3)9(17)7-4-5-8(12-11)14-13-7/h4-5,16H,6,11H2,1-3H3,(H,12,14). The van der Waals surface area contributed by atoms with Gasteiger partial charge in [-0.3, -0.25) is 4.79 Å². The lowest BCUT2D eigenvalue weighted by Crippen LogP contribution is -2.47. The maximum atomic E-state index is 12.0. The van der Waals surface area contributed by atoms with E-state index in [1.807, 2.05) is 0 Å². The number of hydrazine groups is 1. The van der Waals surface area contributed by atoms with Gasteiger partial charge in [0, 0.05) is 7.05 Å². The molecule has 0 aliphatic heterocycles. The van der Waals surface area contributed by atoms with E-state index in [1.165, 1.54) is 11.0 Å². The number of likely N-dealkylation sites (N-methyl/N-ethyl adjacent to an activating group) is 1. The van der Waals surface area contributed by atoms with Gasteiger partial charge in [0.15, 0.2) is 11.5 Å². The van der Waals surface area contributed by atoms with Crippen LogP contribution in [-0.4, -0.2) is 45.3 Å². The van der Waals surface area contributed by atoms with Gasteiger partial charge in [-0.2, -0.15) is 0 Å². The molecule has 1 amide bonds. The molecule has 4 N–H and O–H groups in total. The van der Waals surface area contributed by atoms with Crippen molar-refractivity contribution >= 4 is 11.7 Å². The van der Waals surface area contributed by atoms with Gasteiger partial charge in [-0.25, -0.2) is 5.84 Å². The van der Waals surface area contributed by atoms with Crippen molar-refractivity contribution in [3.05, 3.63) is 17.8 Å². The Morgan fingerprint density at radius 1 is 1.53 bits per heavy atom. The average Bonchev–Trinajstić information content (AvgIpc) is 2.37. The van der Waals surface area contributed by atoms with Crippen LogP contribution in [0, 0.1) is 0 Å². The minimum Gasteiger partial charge on any atom is -0.394 e. The number of anilines is 1. The van der Waals surface area contributed by atoms with Gasteiger partial charge in [-0.1, -0.05) is 0 Å². The fourth-order valence-electron chi connectivity index (χ4n) is 1.08. The highest BCUT2D eigenvalue weighted by Crippen LogP contribution is 2.14. The molecule has 1 aromatic heterocycles. The Morgan fingerprint density at radius 3 is 2.59 bits per heavy atom. The Bertz CT molecular complexity index is 390. The van der Waals surface area contributed by atoms with Crippen molar-refractivity contribution in [2.45, 2.75) is 19.4 Å². The van der Waals surface area contributed by atoms with Crippen LogP contribution in [0.25, 0.3) is 0 Å². The van der Waals surface area contributed by atoms with Gasteiger partial charge < -0.3 is 15.4 Å². The number of nitrogens with zero attached hydrogens (tertiary/aromatic N) is 3.